The molecule has 0 saturated heterocycles. The number of thioether (sulfide) groups is 1. The van der Waals surface area contributed by atoms with E-state index in [9.17, 15) is 13.2 Å². The van der Waals surface area contributed by atoms with Crippen molar-refractivity contribution in [3.63, 3.8) is 0 Å². The molecule has 0 aliphatic heterocycles. The van der Waals surface area contributed by atoms with E-state index in [4.69, 9.17) is 0 Å². The zero-order valence-corrected chi connectivity index (χ0v) is 15.4. The van der Waals surface area contributed by atoms with Crippen LogP contribution in [0.3, 0.4) is 0 Å². The highest BCUT2D eigenvalue weighted by atomic mass is 32.2. The number of ether oxygens (including phenoxy) is 1. The van der Waals surface area contributed by atoms with Gasteiger partial charge in [-0.25, -0.2) is 9.37 Å². The third-order valence-corrected chi connectivity index (χ3v) is 4.61. The SMILES string of the molecule is Fc1ccccc1-c1nc(SCc2nnnn2-c2ccc(OC(F)F)cc2)n[nH]1. The molecule has 0 spiro atoms. The molecule has 0 bridgehead atoms. The van der Waals surface area contributed by atoms with E-state index in [1.807, 2.05) is 0 Å². The number of rotatable bonds is 7. The summed E-state index contributed by atoms with van der Waals surface area (Å²) in [6, 6.07) is 12.2. The normalized spacial score (nSPS) is 11.2. The van der Waals surface area contributed by atoms with Crippen molar-refractivity contribution in [1.82, 2.24) is 35.4 Å². The van der Waals surface area contributed by atoms with Crippen LogP contribution in [0.2, 0.25) is 0 Å². The molecular weight excluding hydrogens is 407 g/mol. The quantitative estimate of drug-likeness (QED) is 0.458. The Balaban J connectivity index is 1.46. The first-order valence-corrected chi connectivity index (χ1v) is 9.21. The van der Waals surface area contributed by atoms with Gasteiger partial charge in [0.2, 0.25) is 5.16 Å². The van der Waals surface area contributed by atoms with Gasteiger partial charge >= 0.3 is 6.61 Å². The van der Waals surface area contributed by atoms with Gasteiger partial charge < -0.3 is 4.74 Å². The first-order chi connectivity index (χ1) is 14.1. The van der Waals surface area contributed by atoms with Crippen LogP contribution < -0.4 is 4.74 Å². The van der Waals surface area contributed by atoms with E-state index in [-0.39, 0.29) is 5.75 Å². The van der Waals surface area contributed by atoms with Gasteiger partial charge in [0.1, 0.15) is 11.6 Å². The maximum atomic E-state index is 13.9. The lowest BCUT2D eigenvalue weighted by atomic mass is 10.2. The van der Waals surface area contributed by atoms with Crippen LogP contribution in [0.15, 0.2) is 53.7 Å². The minimum absolute atomic E-state index is 0.0362. The first kappa shape index (κ1) is 18.9. The van der Waals surface area contributed by atoms with Crippen molar-refractivity contribution in [1.29, 1.82) is 0 Å². The largest absolute Gasteiger partial charge is 0.435 e. The van der Waals surface area contributed by atoms with Crippen LogP contribution >= 0.6 is 11.8 Å². The number of benzene rings is 2. The van der Waals surface area contributed by atoms with Gasteiger partial charge in [-0.15, -0.1) is 10.2 Å². The minimum Gasteiger partial charge on any atom is -0.435 e. The molecule has 4 aromatic rings. The molecule has 0 radical (unpaired) electrons. The standard InChI is InChI=1S/C17H12F3N7OS/c18-13-4-2-1-3-12(13)15-21-17(24-23-15)29-9-14-22-25-26-27(14)10-5-7-11(8-6-10)28-16(19)20/h1-8,16H,9H2,(H,21,23,24). The van der Waals surface area contributed by atoms with Gasteiger partial charge in [0.15, 0.2) is 11.6 Å². The minimum atomic E-state index is -2.89. The number of halogens is 3. The van der Waals surface area contributed by atoms with Crippen LogP contribution in [-0.4, -0.2) is 42.0 Å². The Hall–Kier alpha value is -3.41. The van der Waals surface area contributed by atoms with Crippen LogP contribution in [0.5, 0.6) is 5.75 Å². The van der Waals surface area contributed by atoms with Gasteiger partial charge in [0, 0.05) is 0 Å². The number of nitrogens with zero attached hydrogens (tertiary/aromatic N) is 6. The fraction of sp³-hybridized carbons (Fsp3) is 0.118. The van der Waals surface area contributed by atoms with Crippen molar-refractivity contribution < 1.29 is 17.9 Å². The molecule has 1 N–H and O–H groups in total. The third kappa shape index (κ3) is 4.37. The third-order valence-electron chi connectivity index (χ3n) is 3.76. The van der Waals surface area contributed by atoms with Crippen molar-refractivity contribution in [2.45, 2.75) is 17.5 Å². The lowest BCUT2D eigenvalue weighted by Gasteiger charge is -2.06. The van der Waals surface area contributed by atoms with E-state index in [1.165, 1.54) is 34.6 Å². The van der Waals surface area contributed by atoms with Crippen LogP contribution in [0.1, 0.15) is 5.82 Å². The average molecular weight is 419 g/mol. The number of H-pyrrole nitrogens is 1. The molecular formula is C17H12F3N7OS. The molecule has 4 rings (SSSR count). The summed E-state index contributed by atoms with van der Waals surface area (Å²) in [5.74, 6) is 0.781. The van der Waals surface area contributed by atoms with E-state index >= 15 is 0 Å². The summed E-state index contributed by atoms with van der Waals surface area (Å²) in [5.41, 5.74) is 0.900. The fourth-order valence-corrected chi connectivity index (χ4v) is 3.18. The molecule has 0 unspecified atom stereocenters. The zero-order chi connectivity index (χ0) is 20.2. The summed E-state index contributed by atoms with van der Waals surface area (Å²) >= 11 is 1.26. The highest BCUT2D eigenvalue weighted by Gasteiger charge is 2.14. The summed E-state index contributed by atoms with van der Waals surface area (Å²) in [4.78, 5) is 4.27. The Bertz CT molecular complexity index is 1100. The number of aromatic amines is 1. The van der Waals surface area contributed by atoms with Gasteiger partial charge in [-0.2, -0.15) is 13.5 Å². The second kappa shape index (κ2) is 8.31. The molecule has 12 heteroatoms. The van der Waals surface area contributed by atoms with Crippen molar-refractivity contribution in [2.75, 3.05) is 0 Å². The van der Waals surface area contributed by atoms with Crippen LogP contribution in [0.25, 0.3) is 17.1 Å². The van der Waals surface area contributed by atoms with E-state index in [0.29, 0.717) is 33.8 Å². The van der Waals surface area contributed by atoms with Crippen molar-refractivity contribution >= 4 is 11.8 Å². The summed E-state index contributed by atoms with van der Waals surface area (Å²) in [7, 11) is 0. The molecule has 8 nitrogen and oxygen atoms in total. The summed E-state index contributed by atoms with van der Waals surface area (Å²) in [6.45, 7) is -2.89. The van der Waals surface area contributed by atoms with Gasteiger partial charge in [0.05, 0.1) is 17.0 Å². The predicted molar refractivity (Wildman–Crippen MR) is 97.1 cm³/mol. The maximum Gasteiger partial charge on any atom is 0.387 e. The molecule has 0 fully saturated rings. The number of tetrazole rings is 1. The van der Waals surface area contributed by atoms with Gasteiger partial charge in [-0.3, -0.25) is 5.10 Å². The molecule has 0 atom stereocenters. The molecule has 0 aliphatic rings. The molecule has 29 heavy (non-hydrogen) atoms. The lowest BCUT2D eigenvalue weighted by Crippen LogP contribution is -2.04. The second-order valence-corrected chi connectivity index (χ2v) is 6.56. The summed E-state index contributed by atoms with van der Waals surface area (Å²) in [5, 5.41) is 18.7. The van der Waals surface area contributed by atoms with Gasteiger partial charge in [0.25, 0.3) is 0 Å². The van der Waals surface area contributed by atoms with E-state index in [2.05, 4.69) is 35.4 Å². The Morgan fingerprint density at radius 2 is 1.90 bits per heavy atom. The zero-order valence-electron chi connectivity index (χ0n) is 14.5. The second-order valence-electron chi connectivity index (χ2n) is 5.61. The molecule has 0 amide bonds. The van der Waals surface area contributed by atoms with Crippen molar-refractivity contribution in [3.8, 4) is 22.8 Å². The topological polar surface area (TPSA) is 94.4 Å². The molecule has 0 saturated carbocycles. The number of hydrogen-bond acceptors (Lipinski definition) is 7. The highest BCUT2D eigenvalue weighted by Crippen LogP contribution is 2.24. The van der Waals surface area contributed by atoms with Gasteiger partial charge in [-0.1, -0.05) is 23.9 Å². The molecule has 2 heterocycles. The molecule has 148 valence electrons. The van der Waals surface area contributed by atoms with E-state index < -0.39 is 12.4 Å². The molecule has 2 aromatic carbocycles. The average Bonchev–Trinajstić information content (AvgIpc) is 3.36. The fourth-order valence-electron chi connectivity index (χ4n) is 2.48. The number of hydrogen-bond donors (Lipinski definition) is 1. The number of nitrogens with one attached hydrogen (secondary N) is 1. The smallest absolute Gasteiger partial charge is 0.387 e. The molecule has 2 aromatic heterocycles. The summed E-state index contributed by atoms with van der Waals surface area (Å²) < 4.78 is 44.2. The predicted octanol–water partition coefficient (Wildman–Crippen LogP) is 3.48. The summed E-state index contributed by atoms with van der Waals surface area (Å²) in [6.07, 6.45) is 0. The van der Waals surface area contributed by atoms with E-state index in [1.54, 1.807) is 30.3 Å². The first-order valence-electron chi connectivity index (χ1n) is 8.23. The lowest BCUT2D eigenvalue weighted by molar-refractivity contribution is -0.0498. The Kier molecular flexibility index (Phi) is 5.42. The Morgan fingerprint density at radius 1 is 1.10 bits per heavy atom. The van der Waals surface area contributed by atoms with Crippen LogP contribution in [0.4, 0.5) is 13.2 Å². The number of alkyl halides is 2. The Morgan fingerprint density at radius 3 is 2.66 bits per heavy atom. The van der Waals surface area contributed by atoms with Crippen molar-refractivity contribution in [2.24, 2.45) is 0 Å². The number of aromatic nitrogens is 7. The van der Waals surface area contributed by atoms with Gasteiger partial charge in [-0.05, 0) is 46.8 Å². The van der Waals surface area contributed by atoms with Crippen LogP contribution in [-0.2, 0) is 5.75 Å². The highest BCUT2D eigenvalue weighted by molar-refractivity contribution is 7.98. The van der Waals surface area contributed by atoms with E-state index in [0.717, 1.165) is 0 Å². The monoisotopic (exact) mass is 419 g/mol. The maximum absolute atomic E-state index is 13.9. The van der Waals surface area contributed by atoms with Crippen LogP contribution in [0, 0.1) is 5.82 Å². The Labute approximate surface area is 166 Å². The van der Waals surface area contributed by atoms with Crippen molar-refractivity contribution in [3.05, 3.63) is 60.2 Å². The molecule has 0 aliphatic carbocycles.